The lowest BCUT2D eigenvalue weighted by molar-refractivity contribution is -0.139. The van der Waals surface area contributed by atoms with E-state index in [4.69, 9.17) is 9.47 Å². The van der Waals surface area contributed by atoms with E-state index in [2.05, 4.69) is 0 Å². The third-order valence-corrected chi connectivity index (χ3v) is 4.87. The highest BCUT2D eigenvalue weighted by Gasteiger charge is 2.25. The van der Waals surface area contributed by atoms with Gasteiger partial charge < -0.3 is 14.4 Å². The molecule has 0 spiro atoms. The number of esters is 1. The first-order chi connectivity index (χ1) is 12.6. The van der Waals surface area contributed by atoms with Gasteiger partial charge in [-0.2, -0.15) is 0 Å². The molecule has 1 fully saturated rings. The number of amides is 1. The fourth-order valence-corrected chi connectivity index (χ4v) is 3.45. The van der Waals surface area contributed by atoms with E-state index in [0.717, 1.165) is 49.5 Å². The quantitative estimate of drug-likeness (QED) is 0.783. The topological polar surface area (TPSA) is 55.8 Å². The molecule has 0 aromatic heterocycles. The molecule has 5 heteroatoms. The van der Waals surface area contributed by atoms with Crippen molar-refractivity contribution in [2.45, 2.75) is 38.7 Å². The Morgan fingerprint density at radius 3 is 2.27 bits per heavy atom. The van der Waals surface area contributed by atoms with E-state index in [1.165, 1.54) is 0 Å². The minimum absolute atomic E-state index is 0.113. The Kier molecular flexibility index (Phi) is 5.76. The first-order valence-electron chi connectivity index (χ1n) is 9.17. The summed E-state index contributed by atoms with van der Waals surface area (Å²) < 4.78 is 10.9. The predicted octanol–water partition coefficient (Wildman–Crippen LogP) is 3.80. The Morgan fingerprint density at radius 1 is 0.962 bits per heavy atom. The second-order valence-electron chi connectivity index (χ2n) is 6.65. The molecular formula is C21H25NO4. The van der Waals surface area contributed by atoms with Crippen LogP contribution in [0.3, 0.4) is 0 Å². The summed E-state index contributed by atoms with van der Waals surface area (Å²) in [4.78, 5) is 27.1. The van der Waals surface area contributed by atoms with Gasteiger partial charge in [-0.25, -0.2) is 4.79 Å². The minimum atomic E-state index is -0.790. The van der Waals surface area contributed by atoms with Crippen LogP contribution < -0.4 is 4.74 Å². The van der Waals surface area contributed by atoms with Gasteiger partial charge in [0.15, 0.2) is 6.10 Å². The standard InChI is InChI=1S/C21H25NO4/c1-15(20(23)22-13-7-3-4-8-14-22)26-21(24)18-11-12-19(25-2)17-10-6-5-9-16(17)18/h5-6,9-12,15H,3-4,7-8,13-14H2,1-2H3/t15-/m0/s1. The summed E-state index contributed by atoms with van der Waals surface area (Å²) in [6, 6.07) is 11.0. The van der Waals surface area contributed by atoms with E-state index in [-0.39, 0.29) is 5.91 Å². The van der Waals surface area contributed by atoms with Crippen LogP contribution in [0.1, 0.15) is 43.0 Å². The second-order valence-corrected chi connectivity index (χ2v) is 6.65. The number of hydrogen-bond acceptors (Lipinski definition) is 4. The van der Waals surface area contributed by atoms with Gasteiger partial charge in [-0.1, -0.05) is 37.1 Å². The van der Waals surface area contributed by atoms with Crippen molar-refractivity contribution < 1.29 is 19.1 Å². The molecule has 0 saturated carbocycles. The lowest BCUT2D eigenvalue weighted by Gasteiger charge is -2.24. The Hall–Kier alpha value is -2.56. The van der Waals surface area contributed by atoms with Crippen molar-refractivity contribution in [1.29, 1.82) is 0 Å². The van der Waals surface area contributed by atoms with E-state index < -0.39 is 12.1 Å². The maximum absolute atomic E-state index is 12.7. The van der Waals surface area contributed by atoms with Gasteiger partial charge in [0, 0.05) is 18.5 Å². The number of rotatable bonds is 4. The summed E-state index contributed by atoms with van der Waals surface area (Å²) in [7, 11) is 1.60. The molecule has 0 radical (unpaired) electrons. The van der Waals surface area contributed by atoms with Crippen LogP contribution in [0.4, 0.5) is 0 Å². The maximum Gasteiger partial charge on any atom is 0.339 e. The van der Waals surface area contributed by atoms with Crippen molar-refractivity contribution in [2.75, 3.05) is 20.2 Å². The number of carbonyl (C=O) groups is 2. The fourth-order valence-electron chi connectivity index (χ4n) is 3.45. The largest absolute Gasteiger partial charge is 0.496 e. The fraction of sp³-hybridized carbons (Fsp3) is 0.429. The number of benzene rings is 2. The van der Waals surface area contributed by atoms with Gasteiger partial charge in [0.2, 0.25) is 0 Å². The van der Waals surface area contributed by atoms with Crippen molar-refractivity contribution in [3.63, 3.8) is 0 Å². The second kappa shape index (κ2) is 8.21. The van der Waals surface area contributed by atoms with Crippen LogP contribution in [0, 0.1) is 0 Å². The van der Waals surface area contributed by atoms with Gasteiger partial charge in [-0.05, 0) is 37.3 Å². The maximum atomic E-state index is 12.7. The molecule has 1 heterocycles. The number of ether oxygens (including phenoxy) is 2. The van der Waals surface area contributed by atoms with Crippen molar-refractivity contribution in [1.82, 2.24) is 4.90 Å². The number of hydrogen-bond donors (Lipinski definition) is 0. The highest BCUT2D eigenvalue weighted by molar-refractivity contribution is 6.06. The molecule has 0 aliphatic carbocycles. The molecule has 1 saturated heterocycles. The van der Waals surface area contributed by atoms with E-state index in [1.54, 1.807) is 26.2 Å². The van der Waals surface area contributed by atoms with Gasteiger partial charge in [-0.15, -0.1) is 0 Å². The molecule has 5 nitrogen and oxygen atoms in total. The molecule has 1 atom stereocenters. The van der Waals surface area contributed by atoms with Gasteiger partial charge in [0.25, 0.3) is 5.91 Å². The Morgan fingerprint density at radius 2 is 1.62 bits per heavy atom. The van der Waals surface area contributed by atoms with Gasteiger partial charge in [0.1, 0.15) is 5.75 Å². The first-order valence-corrected chi connectivity index (χ1v) is 9.17. The molecule has 0 N–H and O–H groups in total. The normalized spacial score (nSPS) is 16.0. The monoisotopic (exact) mass is 355 g/mol. The molecule has 26 heavy (non-hydrogen) atoms. The average Bonchev–Trinajstić information content (AvgIpc) is 2.95. The molecule has 0 unspecified atom stereocenters. The molecule has 138 valence electrons. The molecule has 2 aromatic rings. The van der Waals surface area contributed by atoms with E-state index in [9.17, 15) is 9.59 Å². The van der Waals surface area contributed by atoms with Crippen LogP contribution in [0.25, 0.3) is 10.8 Å². The zero-order valence-corrected chi connectivity index (χ0v) is 15.4. The average molecular weight is 355 g/mol. The smallest absolute Gasteiger partial charge is 0.339 e. The van der Waals surface area contributed by atoms with Gasteiger partial charge >= 0.3 is 5.97 Å². The lowest BCUT2D eigenvalue weighted by atomic mass is 10.0. The summed E-state index contributed by atoms with van der Waals surface area (Å²) >= 11 is 0. The van der Waals surface area contributed by atoms with E-state index >= 15 is 0 Å². The van der Waals surface area contributed by atoms with E-state index in [0.29, 0.717) is 11.3 Å². The first kappa shape index (κ1) is 18.2. The predicted molar refractivity (Wildman–Crippen MR) is 100 cm³/mol. The Labute approximate surface area is 153 Å². The molecule has 2 aromatic carbocycles. The highest BCUT2D eigenvalue weighted by Crippen LogP contribution is 2.29. The van der Waals surface area contributed by atoms with Crippen molar-refractivity contribution >= 4 is 22.6 Å². The van der Waals surface area contributed by atoms with Crippen LogP contribution in [-0.4, -0.2) is 43.1 Å². The number of likely N-dealkylation sites (tertiary alicyclic amines) is 1. The lowest BCUT2D eigenvalue weighted by Crippen LogP contribution is -2.40. The summed E-state index contributed by atoms with van der Waals surface area (Å²) in [5.41, 5.74) is 0.442. The van der Waals surface area contributed by atoms with Gasteiger partial charge in [-0.3, -0.25) is 4.79 Å². The number of fused-ring (bicyclic) bond motifs is 1. The number of nitrogens with zero attached hydrogens (tertiary/aromatic N) is 1. The van der Waals surface area contributed by atoms with Crippen molar-refractivity contribution in [3.8, 4) is 5.75 Å². The summed E-state index contributed by atoms with van der Waals surface area (Å²) in [5.74, 6) is 0.100. The third kappa shape index (κ3) is 3.82. The molecule has 1 aliphatic rings. The van der Waals surface area contributed by atoms with Crippen LogP contribution in [0.2, 0.25) is 0 Å². The molecule has 1 amide bonds. The minimum Gasteiger partial charge on any atom is -0.496 e. The van der Waals surface area contributed by atoms with Crippen molar-refractivity contribution in [2.24, 2.45) is 0 Å². The van der Waals surface area contributed by atoms with Crippen LogP contribution >= 0.6 is 0 Å². The SMILES string of the molecule is COc1ccc(C(=O)O[C@@H](C)C(=O)N2CCCCCC2)c2ccccc12. The highest BCUT2D eigenvalue weighted by atomic mass is 16.5. The third-order valence-electron chi connectivity index (χ3n) is 4.87. The number of carbonyl (C=O) groups excluding carboxylic acids is 2. The Balaban J connectivity index is 1.77. The Bertz CT molecular complexity index is 794. The molecule has 0 bridgehead atoms. The van der Waals surface area contributed by atoms with Crippen LogP contribution in [0.5, 0.6) is 5.75 Å². The van der Waals surface area contributed by atoms with E-state index in [1.807, 2.05) is 29.2 Å². The van der Waals surface area contributed by atoms with Gasteiger partial charge in [0.05, 0.1) is 12.7 Å². The summed E-state index contributed by atoms with van der Waals surface area (Å²) in [5, 5.41) is 1.60. The molecule has 1 aliphatic heterocycles. The van der Waals surface area contributed by atoms with Crippen LogP contribution in [-0.2, 0) is 9.53 Å². The summed E-state index contributed by atoms with van der Waals surface area (Å²) in [6.07, 6.45) is 3.53. The molecular weight excluding hydrogens is 330 g/mol. The number of methoxy groups -OCH3 is 1. The molecule has 3 rings (SSSR count). The van der Waals surface area contributed by atoms with Crippen LogP contribution in [0.15, 0.2) is 36.4 Å². The summed E-state index contributed by atoms with van der Waals surface area (Å²) in [6.45, 7) is 3.13. The zero-order chi connectivity index (χ0) is 18.5. The van der Waals surface area contributed by atoms with Crippen molar-refractivity contribution in [3.05, 3.63) is 42.0 Å². The zero-order valence-electron chi connectivity index (χ0n) is 15.4.